The Morgan fingerprint density at radius 1 is 1.00 bits per heavy atom. The standard InChI is InChI=1S/C23H28N2O4/c1-16-5-4-6-18(13-16)22(26)24-15-17-9-11-25(12-10-17)23(27)19-7-8-20(28-2)21(14-19)29-3/h4-8,13-14,17H,9-12,15H2,1-3H3,(H,24,26). The van der Waals surface area contributed by atoms with Crippen molar-refractivity contribution in [2.75, 3.05) is 33.9 Å². The lowest BCUT2D eigenvalue weighted by Crippen LogP contribution is -2.41. The molecule has 1 heterocycles. The first-order valence-electron chi connectivity index (χ1n) is 9.88. The van der Waals surface area contributed by atoms with Gasteiger partial charge in [0.05, 0.1) is 14.2 Å². The van der Waals surface area contributed by atoms with E-state index in [1.807, 2.05) is 36.1 Å². The van der Waals surface area contributed by atoms with Gasteiger partial charge >= 0.3 is 0 Å². The van der Waals surface area contributed by atoms with Gasteiger partial charge in [-0.15, -0.1) is 0 Å². The first kappa shape index (κ1) is 20.7. The summed E-state index contributed by atoms with van der Waals surface area (Å²) in [7, 11) is 3.13. The summed E-state index contributed by atoms with van der Waals surface area (Å²) in [6.45, 7) is 3.96. The Morgan fingerprint density at radius 3 is 2.38 bits per heavy atom. The molecule has 6 heteroatoms. The van der Waals surface area contributed by atoms with E-state index in [4.69, 9.17) is 9.47 Å². The highest BCUT2D eigenvalue weighted by Gasteiger charge is 2.24. The molecule has 0 aliphatic carbocycles. The molecular formula is C23H28N2O4. The van der Waals surface area contributed by atoms with Gasteiger partial charge in [-0.25, -0.2) is 0 Å². The molecule has 1 fully saturated rings. The van der Waals surface area contributed by atoms with E-state index in [0.29, 0.717) is 48.2 Å². The highest BCUT2D eigenvalue weighted by Crippen LogP contribution is 2.28. The van der Waals surface area contributed by atoms with Crippen molar-refractivity contribution in [3.05, 3.63) is 59.2 Å². The zero-order valence-electron chi connectivity index (χ0n) is 17.2. The van der Waals surface area contributed by atoms with Crippen LogP contribution in [0.25, 0.3) is 0 Å². The minimum atomic E-state index is -0.0440. The smallest absolute Gasteiger partial charge is 0.253 e. The third kappa shape index (κ3) is 5.08. The lowest BCUT2D eigenvalue weighted by molar-refractivity contribution is 0.0684. The number of nitrogens with one attached hydrogen (secondary N) is 1. The number of piperidine rings is 1. The fourth-order valence-electron chi connectivity index (χ4n) is 3.62. The summed E-state index contributed by atoms with van der Waals surface area (Å²) in [5.74, 6) is 1.48. The topological polar surface area (TPSA) is 67.9 Å². The number of likely N-dealkylation sites (tertiary alicyclic amines) is 1. The molecule has 0 radical (unpaired) electrons. The van der Waals surface area contributed by atoms with Crippen LogP contribution in [0.15, 0.2) is 42.5 Å². The van der Waals surface area contributed by atoms with E-state index in [9.17, 15) is 9.59 Å². The van der Waals surface area contributed by atoms with E-state index >= 15 is 0 Å². The monoisotopic (exact) mass is 396 g/mol. The van der Waals surface area contributed by atoms with Crippen molar-refractivity contribution in [1.82, 2.24) is 10.2 Å². The van der Waals surface area contributed by atoms with Crippen molar-refractivity contribution >= 4 is 11.8 Å². The van der Waals surface area contributed by atoms with Crippen LogP contribution in [0.4, 0.5) is 0 Å². The Balaban J connectivity index is 1.51. The van der Waals surface area contributed by atoms with Gasteiger partial charge in [0.2, 0.25) is 0 Å². The number of ether oxygens (including phenoxy) is 2. The van der Waals surface area contributed by atoms with Gasteiger partial charge in [0.25, 0.3) is 11.8 Å². The van der Waals surface area contributed by atoms with Crippen LogP contribution in [0.2, 0.25) is 0 Å². The molecule has 1 aliphatic rings. The maximum absolute atomic E-state index is 12.8. The normalized spacial score (nSPS) is 14.4. The number of benzene rings is 2. The molecule has 0 bridgehead atoms. The van der Waals surface area contributed by atoms with Crippen molar-refractivity contribution in [3.63, 3.8) is 0 Å². The molecule has 154 valence electrons. The number of aryl methyl sites for hydroxylation is 1. The highest BCUT2D eigenvalue weighted by atomic mass is 16.5. The molecule has 0 unspecified atom stereocenters. The summed E-state index contributed by atoms with van der Waals surface area (Å²) in [4.78, 5) is 27.0. The zero-order chi connectivity index (χ0) is 20.8. The molecule has 1 N–H and O–H groups in total. The minimum absolute atomic E-state index is 0.00630. The predicted molar refractivity (Wildman–Crippen MR) is 112 cm³/mol. The fraction of sp³-hybridized carbons (Fsp3) is 0.391. The number of hydrogen-bond acceptors (Lipinski definition) is 4. The number of amides is 2. The van der Waals surface area contributed by atoms with Gasteiger partial charge in [-0.2, -0.15) is 0 Å². The molecular weight excluding hydrogens is 368 g/mol. The van der Waals surface area contributed by atoms with Crippen molar-refractivity contribution < 1.29 is 19.1 Å². The van der Waals surface area contributed by atoms with E-state index < -0.39 is 0 Å². The fourth-order valence-corrected chi connectivity index (χ4v) is 3.62. The number of nitrogens with zero attached hydrogens (tertiary/aromatic N) is 1. The van der Waals surface area contributed by atoms with E-state index in [1.165, 1.54) is 0 Å². The van der Waals surface area contributed by atoms with Gasteiger partial charge in [0.15, 0.2) is 11.5 Å². The second kappa shape index (κ2) is 9.45. The van der Waals surface area contributed by atoms with Crippen LogP contribution in [-0.4, -0.2) is 50.6 Å². The Kier molecular flexibility index (Phi) is 6.75. The summed E-state index contributed by atoms with van der Waals surface area (Å²) >= 11 is 0. The molecule has 2 aromatic rings. The second-order valence-corrected chi connectivity index (χ2v) is 7.38. The number of rotatable bonds is 6. The average molecular weight is 396 g/mol. The molecule has 1 aliphatic heterocycles. The van der Waals surface area contributed by atoms with Gasteiger partial charge in [-0.05, 0) is 56.0 Å². The molecule has 2 amide bonds. The predicted octanol–water partition coefficient (Wildman–Crippen LogP) is 3.29. The Labute approximate surface area is 171 Å². The Hall–Kier alpha value is -3.02. The molecule has 0 atom stereocenters. The summed E-state index contributed by atoms with van der Waals surface area (Å²) in [5.41, 5.74) is 2.35. The zero-order valence-corrected chi connectivity index (χ0v) is 17.2. The third-order valence-electron chi connectivity index (χ3n) is 5.36. The Bertz CT molecular complexity index is 873. The van der Waals surface area contributed by atoms with Crippen molar-refractivity contribution in [3.8, 4) is 11.5 Å². The largest absolute Gasteiger partial charge is 0.493 e. The van der Waals surface area contributed by atoms with Crippen LogP contribution in [0.1, 0.15) is 39.1 Å². The average Bonchev–Trinajstić information content (AvgIpc) is 2.76. The van der Waals surface area contributed by atoms with Crippen LogP contribution in [-0.2, 0) is 0 Å². The molecule has 0 spiro atoms. The first-order valence-corrected chi connectivity index (χ1v) is 9.88. The molecule has 6 nitrogen and oxygen atoms in total. The molecule has 0 aromatic heterocycles. The minimum Gasteiger partial charge on any atom is -0.493 e. The molecule has 29 heavy (non-hydrogen) atoms. The Morgan fingerprint density at radius 2 is 1.72 bits per heavy atom. The van der Waals surface area contributed by atoms with Gasteiger partial charge in [-0.3, -0.25) is 9.59 Å². The van der Waals surface area contributed by atoms with Crippen LogP contribution in [0, 0.1) is 12.8 Å². The van der Waals surface area contributed by atoms with Gasteiger partial charge in [0.1, 0.15) is 0 Å². The van der Waals surface area contributed by atoms with Crippen molar-refractivity contribution in [1.29, 1.82) is 0 Å². The second-order valence-electron chi connectivity index (χ2n) is 7.38. The number of methoxy groups -OCH3 is 2. The number of carbonyl (C=O) groups excluding carboxylic acids is 2. The van der Waals surface area contributed by atoms with E-state index in [0.717, 1.165) is 18.4 Å². The number of hydrogen-bond donors (Lipinski definition) is 1. The maximum Gasteiger partial charge on any atom is 0.253 e. The van der Waals surface area contributed by atoms with Crippen LogP contribution >= 0.6 is 0 Å². The molecule has 3 rings (SSSR count). The summed E-state index contributed by atoms with van der Waals surface area (Å²) in [6.07, 6.45) is 1.74. The van der Waals surface area contributed by atoms with Gasteiger partial charge in [0, 0.05) is 30.8 Å². The van der Waals surface area contributed by atoms with Crippen LogP contribution in [0.5, 0.6) is 11.5 Å². The number of carbonyl (C=O) groups is 2. The highest BCUT2D eigenvalue weighted by molar-refractivity contribution is 5.95. The lowest BCUT2D eigenvalue weighted by atomic mass is 9.96. The molecule has 1 saturated heterocycles. The summed E-state index contributed by atoms with van der Waals surface area (Å²) in [6, 6.07) is 12.8. The molecule has 2 aromatic carbocycles. The van der Waals surface area contributed by atoms with E-state index in [2.05, 4.69) is 5.32 Å². The van der Waals surface area contributed by atoms with Crippen LogP contribution in [0.3, 0.4) is 0 Å². The lowest BCUT2D eigenvalue weighted by Gasteiger charge is -2.32. The third-order valence-corrected chi connectivity index (χ3v) is 5.36. The van der Waals surface area contributed by atoms with E-state index in [1.54, 1.807) is 32.4 Å². The van der Waals surface area contributed by atoms with Crippen molar-refractivity contribution in [2.45, 2.75) is 19.8 Å². The summed E-state index contributed by atoms with van der Waals surface area (Å²) in [5, 5.41) is 3.03. The van der Waals surface area contributed by atoms with Gasteiger partial charge in [-0.1, -0.05) is 17.7 Å². The first-order chi connectivity index (χ1) is 14.0. The van der Waals surface area contributed by atoms with Crippen molar-refractivity contribution in [2.24, 2.45) is 5.92 Å². The SMILES string of the molecule is COc1ccc(C(=O)N2CCC(CNC(=O)c3cccc(C)c3)CC2)cc1OC. The maximum atomic E-state index is 12.8. The van der Waals surface area contributed by atoms with Gasteiger partial charge < -0.3 is 19.7 Å². The van der Waals surface area contributed by atoms with Crippen LogP contribution < -0.4 is 14.8 Å². The molecule has 0 saturated carbocycles. The quantitative estimate of drug-likeness (QED) is 0.814. The summed E-state index contributed by atoms with van der Waals surface area (Å²) < 4.78 is 10.5. The van der Waals surface area contributed by atoms with E-state index in [-0.39, 0.29) is 11.8 Å².